The predicted octanol–water partition coefficient (Wildman–Crippen LogP) is 3.38. The summed E-state index contributed by atoms with van der Waals surface area (Å²) in [6, 6.07) is 3.68. The molecule has 0 spiro atoms. The van der Waals surface area contributed by atoms with Gasteiger partial charge in [0.05, 0.1) is 30.5 Å². The maximum Gasteiger partial charge on any atom is 0.341 e. The van der Waals surface area contributed by atoms with Crippen molar-refractivity contribution in [1.29, 1.82) is 0 Å². The summed E-state index contributed by atoms with van der Waals surface area (Å²) in [5.74, 6) is -2.63. The van der Waals surface area contributed by atoms with Gasteiger partial charge in [-0.1, -0.05) is 0 Å². The highest BCUT2D eigenvalue weighted by Gasteiger charge is 2.28. The Morgan fingerprint density at radius 3 is 2.43 bits per heavy atom. The summed E-state index contributed by atoms with van der Waals surface area (Å²) in [6.45, 7) is 6.50. The number of carbonyl (C=O) groups is 3. The molecule has 2 aromatic rings. The summed E-state index contributed by atoms with van der Waals surface area (Å²) in [4.78, 5) is 39.8. The average Bonchev–Trinajstić information content (AvgIpc) is 2.95. The highest BCUT2D eigenvalue weighted by atomic mass is 19.1. The molecule has 0 saturated heterocycles. The Kier molecular flexibility index (Phi) is 6.56. The van der Waals surface area contributed by atoms with Gasteiger partial charge in [-0.2, -0.15) is 0 Å². The van der Waals surface area contributed by atoms with E-state index in [-0.39, 0.29) is 29.2 Å². The molecule has 28 heavy (non-hydrogen) atoms. The summed E-state index contributed by atoms with van der Waals surface area (Å²) in [7, 11) is 1.37. The van der Waals surface area contributed by atoms with Crippen LogP contribution in [-0.2, 0) is 9.47 Å². The molecule has 7 nitrogen and oxygen atoms in total. The summed E-state index contributed by atoms with van der Waals surface area (Å²) in [5, 5.41) is 0. The fraction of sp³-hybridized carbons (Fsp3) is 0.350. The van der Waals surface area contributed by atoms with Crippen molar-refractivity contribution in [2.75, 3.05) is 13.7 Å². The van der Waals surface area contributed by atoms with E-state index < -0.39 is 29.6 Å². The van der Waals surface area contributed by atoms with Gasteiger partial charge in [0.1, 0.15) is 11.6 Å². The first-order valence-corrected chi connectivity index (χ1v) is 8.66. The fourth-order valence-electron chi connectivity index (χ4n) is 2.78. The largest absolute Gasteiger partial charge is 0.497 e. The van der Waals surface area contributed by atoms with Gasteiger partial charge in [0.15, 0.2) is 6.10 Å². The van der Waals surface area contributed by atoms with Gasteiger partial charge in [-0.05, 0) is 45.4 Å². The van der Waals surface area contributed by atoms with Gasteiger partial charge in [-0.3, -0.25) is 4.79 Å². The van der Waals surface area contributed by atoms with E-state index in [4.69, 9.17) is 14.2 Å². The summed E-state index contributed by atoms with van der Waals surface area (Å²) in [5.41, 5.74) is 0.964. The van der Waals surface area contributed by atoms with Crippen LogP contribution < -0.4 is 4.74 Å². The van der Waals surface area contributed by atoms with Gasteiger partial charge in [-0.25, -0.2) is 14.0 Å². The lowest BCUT2D eigenvalue weighted by Crippen LogP contribution is -2.25. The zero-order valence-electron chi connectivity index (χ0n) is 16.3. The molecule has 0 fully saturated rings. The van der Waals surface area contributed by atoms with Crippen LogP contribution in [0, 0.1) is 19.7 Å². The van der Waals surface area contributed by atoms with Crippen molar-refractivity contribution in [1.82, 2.24) is 4.98 Å². The number of hydrogen-bond donors (Lipinski definition) is 1. The molecule has 0 amide bonds. The minimum atomic E-state index is -1.19. The van der Waals surface area contributed by atoms with Gasteiger partial charge in [0.25, 0.3) is 0 Å². The number of methoxy groups -OCH3 is 1. The molecule has 1 atom stereocenters. The number of aromatic amines is 1. The molecule has 150 valence electrons. The topological polar surface area (TPSA) is 94.7 Å². The van der Waals surface area contributed by atoms with E-state index in [0.717, 1.165) is 6.07 Å². The van der Waals surface area contributed by atoms with Gasteiger partial charge in [0.2, 0.25) is 5.78 Å². The Morgan fingerprint density at radius 1 is 1.18 bits per heavy atom. The number of Topliss-reactive ketones (excluding diaryl/α,β-unsaturated/α-hetero) is 1. The number of hydrogen-bond acceptors (Lipinski definition) is 6. The summed E-state index contributed by atoms with van der Waals surface area (Å²) in [6.07, 6.45) is -1.19. The standard InChI is InChI=1S/C20H22FNO6/c1-6-27-20(25)16-10(2)17(22-11(16)3)18(23)12(4)28-19(24)14-8-7-13(26-5)9-15(14)21/h7-9,12,22H,6H2,1-5H3/t12-/m1/s1. The zero-order chi connectivity index (χ0) is 21.0. The van der Waals surface area contributed by atoms with Crippen LogP contribution in [0.15, 0.2) is 18.2 Å². The van der Waals surface area contributed by atoms with E-state index in [1.54, 1.807) is 20.8 Å². The smallest absolute Gasteiger partial charge is 0.341 e. The molecule has 0 saturated carbocycles. The van der Waals surface area contributed by atoms with Crippen LogP contribution in [0.3, 0.4) is 0 Å². The van der Waals surface area contributed by atoms with Crippen LogP contribution in [0.4, 0.5) is 4.39 Å². The number of esters is 2. The van der Waals surface area contributed by atoms with Crippen LogP contribution in [0.2, 0.25) is 0 Å². The van der Waals surface area contributed by atoms with E-state index >= 15 is 0 Å². The van der Waals surface area contributed by atoms with E-state index in [9.17, 15) is 18.8 Å². The molecule has 0 bridgehead atoms. The van der Waals surface area contributed by atoms with Crippen LogP contribution in [0.25, 0.3) is 0 Å². The van der Waals surface area contributed by atoms with Crippen molar-refractivity contribution < 1.29 is 33.0 Å². The van der Waals surface area contributed by atoms with Gasteiger partial charge in [-0.15, -0.1) is 0 Å². The predicted molar refractivity (Wildman–Crippen MR) is 98.4 cm³/mol. The summed E-state index contributed by atoms with van der Waals surface area (Å²) < 4.78 is 29.0. The molecule has 0 aliphatic heterocycles. The lowest BCUT2D eigenvalue weighted by Gasteiger charge is -2.13. The van der Waals surface area contributed by atoms with Crippen molar-refractivity contribution in [2.24, 2.45) is 0 Å². The van der Waals surface area contributed by atoms with Crippen LogP contribution in [0.5, 0.6) is 5.75 Å². The highest BCUT2D eigenvalue weighted by molar-refractivity contribution is 6.04. The first-order chi connectivity index (χ1) is 13.2. The number of halogens is 1. The van der Waals surface area contributed by atoms with E-state index in [0.29, 0.717) is 11.3 Å². The van der Waals surface area contributed by atoms with Crippen molar-refractivity contribution >= 4 is 17.7 Å². The van der Waals surface area contributed by atoms with E-state index in [2.05, 4.69) is 4.98 Å². The molecule has 1 N–H and O–H groups in total. The Labute approximate surface area is 161 Å². The average molecular weight is 391 g/mol. The number of H-pyrrole nitrogens is 1. The SMILES string of the molecule is CCOC(=O)c1c(C)[nH]c(C(=O)[C@@H](C)OC(=O)c2ccc(OC)cc2F)c1C. The second-order valence-corrected chi connectivity index (χ2v) is 6.10. The normalized spacial score (nSPS) is 11.6. The third-order valence-corrected chi connectivity index (χ3v) is 4.21. The number of ether oxygens (including phenoxy) is 3. The molecule has 1 aromatic carbocycles. The summed E-state index contributed by atoms with van der Waals surface area (Å²) >= 11 is 0. The molecular weight excluding hydrogens is 369 g/mol. The van der Waals surface area contributed by atoms with Gasteiger partial charge in [0, 0.05) is 11.8 Å². The third kappa shape index (κ3) is 4.21. The number of aryl methyl sites for hydroxylation is 1. The molecule has 0 unspecified atom stereocenters. The molecular formula is C20H22FNO6. The first-order valence-electron chi connectivity index (χ1n) is 8.66. The maximum atomic E-state index is 14.0. The number of nitrogens with one attached hydrogen (secondary N) is 1. The number of ketones is 1. The van der Waals surface area contributed by atoms with Crippen molar-refractivity contribution in [3.05, 3.63) is 52.1 Å². The van der Waals surface area contributed by atoms with E-state index in [1.165, 1.54) is 26.2 Å². The van der Waals surface area contributed by atoms with E-state index in [1.807, 2.05) is 0 Å². The molecule has 0 aliphatic rings. The second-order valence-electron chi connectivity index (χ2n) is 6.10. The lowest BCUT2D eigenvalue weighted by molar-refractivity contribution is 0.0312. The quantitative estimate of drug-likeness (QED) is 0.574. The number of rotatable bonds is 7. The molecule has 0 radical (unpaired) electrons. The monoisotopic (exact) mass is 391 g/mol. The second kappa shape index (κ2) is 8.69. The fourth-order valence-corrected chi connectivity index (χ4v) is 2.78. The highest BCUT2D eigenvalue weighted by Crippen LogP contribution is 2.22. The Morgan fingerprint density at radius 2 is 1.86 bits per heavy atom. The Bertz CT molecular complexity index is 918. The van der Waals surface area contributed by atoms with Crippen LogP contribution in [0.1, 0.15) is 56.3 Å². The van der Waals surface area contributed by atoms with Gasteiger partial charge >= 0.3 is 11.9 Å². The van der Waals surface area contributed by atoms with Crippen molar-refractivity contribution in [2.45, 2.75) is 33.8 Å². The number of carbonyl (C=O) groups excluding carboxylic acids is 3. The Balaban J connectivity index is 2.20. The van der Waals surface area contributed by atoms with Crippen molar-refractivity contribution in [3.8, 4) is 5.75 Å². The zero-order valence-corrected chi connectivity index (χ0v) is 16.3. The number of aromatic nitrogens is 1. The minimum absolute atomic E-state index is 0.135. The number of benzene rings is 1. The first kappa shape index (κ1) is 21.1. The lowest BCUT2D eigenvalue weighted by atomic mass is 10.1. The molecule has 0 aliphatic carbocycles. The molecule has 8 heteroatoms. The molecule has 1 heterocycles. The molecule has 2 rings (SSSR count). The maximum absolute atomic E-state index is 14.0. The van der Waals surface area contributed by atoms with Gasteiger partial charge < -0.3 is 19.2 Å². The minimum Gasteiger partial charge on any atom is -0.497 e. The van der Waals surface area contributed by atoms with Crippen LogP contribution in [-0.4, -0.2) is 42.5 Å². The third-order valence-electron chi connectivity index (χ3n) is 4.21. The van der Waals surface area contributed by atoms with Crippen molar-refractivity contribution in [3.63, 3.8) is 0 Å². The Hall–Kier alpha value is -3.16. The molecule has 1 aromatic heterocycles. The van der Waals surface area contributed by atoms with Crippen LogP contribution >= 0.6 is 0 Å².